The van der Waals surface area contributed by atoms with E-state index in [4.69, 9.17) is 28.9 Å². The van der Waals surface area contributed by atoms with Crippen molar-refractivity contribution in [2.45, 2.75) is 50.6 Å². The number of primary amides is 1. The maximum absolute atomic E-state index is 16.0. The van der Waals surface area contributed by atoms with Crippen LogP contribution in [-0.2, 0) is 20.2 Å². The van der Waals surface area contributed by atoms with Crippen LogP contribution in [0.15, 0.2) is 54.6 Å². The summed E-state index contributed by atoms with van der Waals surface area (Å²) in [4.78, 5) is 26.7. The van der Waals surface area contributed by atoms with E-state index in [1.807, 2.05) is 20.8 Å². The summed E-state index contributed by atoms with van der Waals surface area (Å²) in [5.74, 6) is -5.95. The number of benzene rings is 3. The van der Waals surface area contributed by atoms with E-state index < -0.39 is 62.4 Å². The smallest absolute Gasteiger partial charge is 0.327 e. The summed E-state index contributed by atoms with van der Waals surface area (Å²) in [6, 6.07) is 10.4. The van der Waals surface area contributed by atoms with Crippen molar-refractivity contribution >= 4 is 56.5 Å². The van der Waals surface area contributed by atoms with Gasteiger partial charge in [-0.05, 0) is 53.8 Å². The fourth-order valence-electron chi connectivity index (χ4n) is 6.20. The lowest BCUT2D eigenvalue weighted by Gasteiger charge is -2.40. The zero-order valence-electron chi connectivity index (χ0n) is 24.6. The molecule has 0 bridgehead atoms. The Morgan fingerprint density at radius 3 is 2.33 bits per heavy atom. The van der Waals surface area contributed by atoms with E-state index in [0.29, 0.717) is 0 Å². The fourth-order valence-corrected chi connectivity index (χ4v) is 7.10. The summed E-state index contributed by atoms with van der Waals surface area (Å²) < 4.78 is 59.3. The second-order valence-corrected chi connectivity index (χ2v) is 14.8. The summed E-state index contributed by atoms with van der Waals surface area (Å²) >= 11 is 12.2. The molecule has 4 atom stereocenters. The molecule has 238 valence electrons. The van der Waals surface area contributed by atoms with Crippen LogP contribution in [0.2, 0.25) is 10.0 Å². The lowest BCUT2D eigenvalue weighted by atomic mass is 9.62. The van der Waals surface area contributed by atoms with Crippen molar-refractivity contribution in [2.24, 2.45) is 11.1 Å². The minimum atomic E-state index is -4.03. The van der Waals surface area contributed by atoms with Gasteiger partial charge in [0, 0.05) is 22.1 Å². The Bertz CT molecular complexity index is 1840. The van der Waals surface area contributed by atoms with Crippen LogP contribution in [0.25, 0.3) is 0 Å². The van der Waals surface area contributed by atoms with Gasteiger partial charge in [-0.2, -0.15) is 5.26 Å². The molecule has 1 fully saturated rings. The second kappa shape index (κ2) is 12.1. The number of rotatable bonds is 8. The van der Waals surface area contributed by atoms with E-state index in [1.54, 1.807) is 0 Å². The number of carbonyl (C=O) groups is 2. The van der Waals surface area contributed by atoms with Gasteiger partial charge in [0.25, 0.3) is 0 Å². The maximum atomic E-state index is 16.0. The molecule has 4 rings (SSSR count). The molecule has 0 spiro atoms. The molecule has 0 aliphatic carbocycles. The molecule has 1 aliphatic heterocycles. The monoisotopic (exact) mass is 678 g/mol. The summed E-state index contributed by atoms with van der Waals surface area (Å²) in [6.45, 7) is 5.46. The molecule has 0 saturated carbocycles. The van der Waals surface area contributed by atoms with Crippen LogP contribution in [0.3, 0.4) is 0 Å². The van der Waals surface area contributed by atoms with Crippen LogP contribution >= 0.6 is 23.2 Å². The number of carboxylic acid groups (broad SMARTS) is 1. The number of carbonyl (C=O) groups excluding carboxylic acids is 1. The molecule has 3 aromatic carbocycles. The number of sulfonamides is 1. The Labute approximate surface area is 269 Å². The van der Waals surface area contributed by atoms with E-state index in [-0.39, 0.29) is 44.5 Å². The number of halogens is 4. The first kappa shape index (κ1) is 34.0. The van der Waals surface area contributed by atoms with E-state index in [9.17, 15) is 28.4 Å². The number of hydrogen-bond acceptors (Lipinski definition) is 6. The Hall–Kier alpha value is -3.92. The van der Waals surface area contributed by atoms with Gasteiger partial charge in [0.1, 0.15) is 23.1 Å². The molecular weight excluding hydrogens is 649 g/mol. The molecule has 3 aromatic rings. The summed E-state index contributed by atoms with van der Waals surface area (Å²) in [7, 11) is -4.03. The minimum Gasteiger partial charge on any atom is -0.480 e. The van der Waals surface area contributed by atoms with Gasteiger partial charge in [0.05, 0.1) is 34.8 Å². The van der Waals surface area contributed by atoms with Gasteiger partial charge in [-0.15, -0.1) is 0 Å². The van der Waals surface area contributed by atoms with Crippen LogP contribution in [0.5, 0.6) is 0 Å². The van der Waals surface area contributed by atoms with Gasteiger partial charge in [0.15, 0.2) is 0 Å². The minimum absolute atomic E-state index is 0.00788. The Morgan fingerprint density at radius 2 is 1.80 bits per heavy atom. The second-order valence-electron chi connectivity index (χ2n) is 12.2. The van der Waals surface area contributed by atoms with Gasteiger partial charge < -0.3 is 15.7 Å². The fraction of sp³-hybridized carbons (Fsp3) is 0.323. The van der Waals surface area contributed by atoms with Crippen molar-refractivity contribution < 1.29 is 31.9 Å². The normalized spacial score (nSPS) is 21.8. The number of nitrogens with one attached hydrogen (secondary N) is 1. The first-order valence-corrected chi connectivity index (χ1v) is 16.2. The van der Waals surface area contributed by atoms with Crippen molar-refractivity contribution in [3.05, 3.63) is 93.0 Å². The third-order valence-corrected chi connectivity index (χ3v) is 8.88. The van der Waals surface area contributed by atoms with Crippen LogP contribution in [-0.4, -0.2) is 43.7 Å². The summed E-state index contributed by atoms with van der Waals surface area (Å²) in [5, 5.41) is 21.7. The highest BCUT2D eigenvalue weighted by Crippen LogP contribution is 2.58. The van der Waals surface area contributed by atoms with Crippen LogP contribution in [0.4, 0.5) is 20.2 Å². The summed E-state index contributed by atoms with van der Waals surface area (Å²) in [5.41, 5.74) is 1.78. The SMILES string of the molecule is CC(C)(C)C[C@@H]1N(c2ccc(C(N)=O)cc2NS(C)(=O)=O)[C@@H](C(=O)O)[C@H](c2cccc(Cl)c2F)[C@@]1(C#N)c1ccc(Cl)cc1F. The molecule has 0 aromatic heterocycles. The molecule has 9 nitrogen and oxygen atoms in total. The topological polar surface area (TPSA) is 154 Å². The van der Waals surface area contributed by atoms with Gasteiger partial charge in [-0.25, -0.2) is 22.0 Å². The zero-order valence-corrected chi connectivity index (χ0v) is 26.9. The molecular formula is C31H30Cl2F2N4O5S. The van der Waals surface area contributed by atoms with E-state index in [2.05, 4.69) is 10.8 Å². The highest BCUT2D eigenvalue weighted by Gasteiger charge is 2.65. The average molecular weight is 680 g/mol. The molecule has 1 aliphatic rings. The van der Waals surface area contributed by atoms with Crippen LogP contribution in [0.1, 0.15) is 54.6 Å². The maximum Gasteiger partial charge on any atom is 0.327 e. The van der Waals surface area contributed by atoms with E-state index in [1.165, 1.54) is 47.4 Å². The Morgan fingerprint density at radius 1 is 1.13 bits per heavy atom. The van der Waals surface area contributed by atoms with Crippen molar-refractivity contribution in [3.8, 4) is 6.07 Å². The standard InChI is InChI=1S/C31H30Cl2F2N4O5S/c1-30(2,3)14-24-31(15-36,19-10-9-17(32)13-21(19)34)25(18-6-5-7-20(33)26(18)35)27(29(41)42)39(24)23-11-8-16(28(37)40)12-22(23)38-45(4,43)44/h5-13,24-25,27,38H,14H2,1-4H3,(H2,37,40)(H,41,42)/t24-,25-,27+,31-/m0/s1. The number of nitrogens with zero attached hydrogens (tertiary/aromatic N) is 2. The molecule has 4 N–H and O–H groups in total. The molecule has 1 amide bonds. The number of hydrogen-bond donors (Lipinski definition) is 3. The van der Waals surface area contributed by atoms with Gasteiger partial charge in [-0.1, -0.05) is 62.2 Å². The number of aliphatic carboxylic acids is 1. The molecule has 1 heterocycles. The third-order valence-electron chi connectivity index (χ3n) is 7.76. The van der Waals surface area contributed by atoms with Crippen molar-refractivity contribution in [2.75, 3.05) is 15.9 Å². The quantitative estimate of drug-likeness (QED) is 0.261. The highest BCUT2D eigenvalue weighted by molar-refractivity contribution is 7.92. The van der Waals surface area contributed by atoms with E-state index in [0.717, 1.165) is 18.4 Å². The number of nitrogens with two attached hydrogens (primary N) is 1. The number of amides is 1. The van der Waals surface area contributed by atoms with Crippen molar-refractivity contribution in [3.63, 3.8) is 0 Å². The Kier molecular flexibility index (Phi) is 9.14. The average Bonchev–Trinajstić information content (AvgIpc) is 3.18. The van der Waals surface area contributed by atoms with Crippen molar-refractivity contribution in [1.29, 1.82) is 5.26 Å². The molecule has 0 radical (unpaired) electrons. The molecule has 1 saturated heterocycles. The molecule has 14 heteroatoms. The van der Waals surface area contributed by atoms with Gasteiger partial charge >= 0.3 is 5.97 Å². The first-order valence-electron chi connectivity index (χ1n) is 13.6. The molecule has 45 heavy (non-hydrogen) atoms. The number of anilines is 2. The first-order chi connectivity index (χ1) is 20.8. The third kappa shape index (κ3) is 6.43. The highest BCUT2D eigenvalue weighted by atomic mass is 35.5. The van der Waals surface area contributed by atoms with Crippen molar-refractivity contribution in [1.82, 2.24) is 0 Å². The number of nitriles is 1. The predicted octanol–water partition coefficient (Wildman–Crippen LogP) is 6.07. The van der Waals surface area contributed by atoms with E-state index >= 15 is 8.78 Å². The van der Waals surface area contributed by atoms with Gasteiger partial charge in [-0.3, -0.25) is 9.52 Å². The van der Waals surface area contributed by atoms with Crippen LogP contribution in [0, 0.1) is 28.4 Å². The van der Waals surface area contributed by atoms with Crippen LogP contribution < -0.4 is 15.4 Å². The Balaban J connectivity index is 2.24. The lowest BCUT2D eigenvalue weighted by molar-refractivity contribution is -0.138. The van der Waals surface area contributed by atoms with Gasteiger partial charge in [0.2, 0.25) is 15.9 Å². The summed E-state index contributed by atoms with van der Waals surface area (Å²) in [6.07, 6.45) is 0.882. The largest absolute Gasteiger partial charge is 0.480 e. The lowest BCUT2D eigenvalue weighted by Crippen LogP contribution is -2.47. The zero-order chi connectivity index (χ0) is 33.6. The molecule has 0 unspecified atom stereocenters. The predicted molar refractivity (Wildman–Crippen MR) is 168 cm³/mol. The number of carboxylic acids is 1.